The molecular formula is C20H31IN4O. The maximum atomic E-state index is 5.55. The van der Waals surface area contributed by atoms with Gasteiger partial charge in [-0.05, 0) is 51.6 Å². The first-order chi connectivity index (χ1) is 12.1. The maximum absolute atomic E-state index is 5.55. The van der Waals surface area contributed by atoms with Gasteiger partial charge in [-0.1, -0.05) is 30.3 Å². The van der Waals surface area contributed by atoms with E-state index in [4.69, 9.17) is 4.42 Å². The van der Waals surface area contributed by atoms with Gasteiger partial charge >= 0.3 is 0 Å². The standard InChI is InChI=1S/C20H30N4O.HI/c1-16(12-13-17-9-6-5-7-10-17)23-20(21-2)22-15-18(24(3)4)19-11-8-14-25-19;/h5-11,14,16,18H,12-13,15H2,1-4H3,(H2,21,22,23);1H. The van der Waals surface area contributed by atoms with E-state index in [-0.39, 0.29) is 30.0 Å². The largest absolute Gasteiger partial charge is 0.468 e. The van der Waals surface area contributed by atoms with Crippen LogP contribution >= 0.6 is 24.0 Å². The zero-order chi connectivity index (χ0) is 18.1. The van der Waals surface area contributed by atoms with E-state index in [0.29, 0.717) is 6.04 Å². The number of furan rings is 1. The highest BCUT2D eigenvalue weighted by molar-refractivity contribution is 14.0. The summed E-state index contributed by atoms with van der Waals surface area (Å²) in [5.74, 6) is 1.77. The van der Waals surface area contributed by atoms with Gasteiger partial charge in [-0.2, -0.15) is 0 Å². The maximum Gasteiger partial charge on any atom is 0.191 e. The number of hydrogen-bond acceptors (Lipinski definition) is 3. The minimum absolute atomic E-state index is 0. The third-order valence-corrected chi connectivity index (χ3v) is 4.27. The second-order valence-electron chi connectivity index (χ2n) is 6.52. The highest BCUT2D eigenvalue weighted by atomic mass is 127. The van der Waals surface area contributed by atoms with E-state index in [0.717, 1.165) is 31.1 Å². The summed E-state index contributed by atoms with van der Waals surface area (Å²) in [7, 11) is 5.90. The van der Waals surface area contributed by atoms with Crippen molar-refractivity contribution in [3.05, 3.63) is 60.1 Å². The lowest BCUT2D eigenvalue weighted by Gasteiger charge is -2.25. The third kappa shape index (κ3) is 7.37. The van der Waals surface area contributed by atoms with Crippen molar-refractivity contribution in [3.63, 3.8) is 0 Å². The van der Waals surface area contributed by atoms with Gasteiger partial charge in [0.25, 0.3) is 0 Å². The van der Waals surface area contributed by atoms with Crippen molar-refractivity contribution in [1.29, 1.82) is 0 Å². The first kappa shape index (κ1) is 22.5. The average molecular weight is 470 g/mol. The van der Waals surface area contributed by atoms with E-state index >= 15 is 0 Å². The molecule has 0 radical (unpaired) electrons. The fourth-order valence-electron chi connectivity index (χ4n) is 2.74. The van der Waals surface area contributed by atoms with Gasteiger partial charge < -0.3 is 15.1 Å². The second-order valence-corrected chi connectivity index (χ2v) is 6.52. The lowest BCUT2D eigenvalue weighted by atomic mass is 10.1. The fraction of sp³-hybridized carbons (Fsp3) is 0.450. The van der Waals surface area contributed by atoms with Crippen molar-refractivity contribution >= 4 is 29.9 Å². The molecule has 5 nitrogen and oxygen atoms in total. The van der Waals surface area contributed by atoms with Gasteiger partial charge in [0.15, 0.2) is 5.96 Å². The predicted octanol–water partition coefficient (Wildman–Crippen LogP) is 3.69. The lowest BCUT2D eigenvalue weighted by Crippen LogP contribution is -2.45. The Morgan fingerprint density at radius 3 is 2.46 bits per heavy atom. The topological polar surface area (TPSA) is 52.8 Å². The highest BCUT2D eigenvalue weighted by Crippen LogP contribution is 2.17. The highest BCUT2D eigenvalue weighted by Gasteiger charge is 2.17. The van der Waals surface area contributed by atoms with E-state index in [2.05, 4.69) is 57.8 Å². The molecule has 2 atom stereocenters. The molecule has 0 saturated carbocycles. The molecule has 0 aliphatic rings. The van der Waals surface area contributed by atoms with Crippen molar-refractivity contribution in [2.75, 3.05) is 27.7 Å². The van der Waals surface area contributed by atoms with E-state index in [9.17, 15) is 0 Å². The van der Waals surface area contributed by atoms with Crippen molar-refractivity contribution in [2.24, 2.45) is 4.99 Å². The average Bonchev–Trinajstić information content (AvgIpc) is 3.14. The Bertz CT molecular complexity index is 629. The monoisotopic (exact) mass is 470 g/mol. The number of aryl methyl sites for hydroxylation is 1. The van der Waals surface area contributed by atoms with Crippen LogP contribution in [-0.4, -0.2) is 44.6 Å². The zero-order valence-electron chi connectivity index (χ0n) is 16.1. The van der Waals surface area contributed by atoms with Crippen LogP contribution in [0.25, 0.3) is 0 Å². The number of likely N-dealkylation sites (N-methyl/N-ethyl adjacent to an activating group) is 1. The lowest BCUT2D eigenvalue weighted by molar-refractivity contribution is 0.258. The number of guanidine groups is 1. The van der Waals surface area contributed by atoms with Crippen LogP contribution < -0.4 is 10.6 Å². The van der Waals surface area contributed by atoms with Crippen LogP contribution in [0.5, 0.6) is 0 Å². The zero-order valence-corrected chi connectivity index (χ0v) is 18.4. The minimum Gasteiger partial charge on any atom is -0.468 e. The van der Waals surface area contributed by atoms with Gasteiger partial charge in [-0.25, -0.2) is 0 Å². The molecule has 144 valence electrons. The van der Waals surface area contributed by atoms with Crippen LogP contribution in [0.15, 0.2) is 58.1 Å². The van der Waals surface area contributed by atoms with Gasteiger partial charge in [0.1, 0.15) is 5.76 Å². The summed E-state index contributed by atoms with van der Waals surface area (Å²) < 4.78 is 5.55. The number of nitrogens with one attached hydrogen (secondary N) is 2. The van der Waals surface area contributed by atoms with Crippen LogP contribution in [0.3, 0.4) is 0 Å². The molecule has 2 N–H and O–H groups in total. The molecule has 0 aliphatic carbocycles. The van der Waals surface area contributed by atoms with Gasteiger partial charge in [-0.15, -0.1) is 24.0 Å². The Labute approximate surface area is 174 Å². The summed E-state index contributed by atoms with van der Waals surface area (Å²) in [4.78, 5) is 6.48. The number of halogens is 1. The van der Waals surface area contributed by atoms with Crippen molar-refractivity contribution in [2.45, 2.75) is 31.8 Å². The van der Waals surface area contributed by atoms with Crippen molar-refractivity contribution in [3.8, 4) is 0 Å². The summed E-state index contributed by atoms with van der Waals surface area (Å²) in [5.41, 5.74) is 1.37. The second kappa shape index (κ2) is 12.0. The fourth-order valence-corrected chi connectivity index (χ4v) is 2.74. The van der Waals surface area contributed by atoms with Gasteiger partial charge in [0, 0.05) is 19.6 Å². The molecule has 2 aromatic rings. The van der Waals surface area contributed by atoms with Crippen molar-refractivity contribution < 1.29 is 4.42 Å². The number of benzene rings is 1. The molecule has 2 rings (SSSR count). The normalized spacial score (nSPS) is 13.8. The van der Waals surface area contributed by atoms with Gasteiger partial charge in [0.2, 0.25) is 0 Å². The van der Waals surface area contributed by atoms with Crippen molar-refractivity contribution in [1.82, 2.24) is 15.5 Å². The Kier molecular flexibility index (Phi) is 10.3. The first-order valence-electron chi connectivity index (χ1n) is 8.81. The third-order valence-electron chi connectivity index (χ3n) is 4.27. The smallest absolute Gasteiger partial charge is 0.191 e. The molecule has 0 aliphatic heterocycles. The molecule has 2 unspecified atom stereocenters. The Morgan fingerprint density at radius 2 is 1.88 bits per heavy atom. The van der Waals surface area contributed by atoms with Crippen LogP contribution in [0, 0.1) is 0 Å². The number of nitrogens with zero attached hydrogens (tertiary/aromatic N) is 2. The van der Waals surface area contributed by atoms with Crippen LogP contribution in [0.4, 0.5) is 0 Å². The summed E-state index contributed by atoms with van der Waals surface area (Å²) >= 11 is 0. The molecule has 0 amide bonds. The Hall–Kier alpha value is -1.54. The predicted molar refractivity (Wildman–Crippen MR) is 119 cm³/mol. The van der Waals surface area contributed by atoms with E-state index in [1.807, 2.05) is 26.2 Å². The summed E-state index contributed by atoms with van der Waals surface area (Å²) in [6.07, 6.45) is 3.82. The first-order valence-corrected chi connectivity index (χ1v) is 8.81. The minimum atomic E-state index is 0. The number of aliphatic imine (C=N–C) groups is 1. The molecule has 0 fully saturated rings. The molecule has 0 bridgehead atoms. The summed E-state index contributed by atoms with van der Waals surface area (Å²) in [6.45, 7) is 2.91. The van der Waals surface area contributed by atoms with Gasteiger partial charge in [-0.3, -0.25) is 9.89 Å². The molecule has 0 saturated heterocycles. The molecular weight excluding hydrogens is 439 g/mol. The van der Waals surface area contributed by atoms with E-state index in [1.165, 1.54) is 5.56 Å². The summed E-state index contributed by atoms with van der Waals surface area (Å²) in [6, 6.07) is 15.0. The van der Waals surface area contributed by atoms with Crippen LogP contribution in [0.1, 0.15) is 30.7 Å². The Balaban J connectivity index is 0.00000338. The quantitative estimate of drug-likeness (QED) is 0.351. The van der Waals surface area contributed by atoms with E-state index in [1.54, 1.807) is 13.3 Å². The summed E-state index contributed by atoms with van der Waals surface area (Å²) in [5, 5.41) is 6.87. The number of rotatable bonds is 8. The SMILES string of the molecule is CN=C(NCC(c1ccco1)N(C)C)NC(C)CCc1ccccc1.I. The van der Waals surface area contributed by atoms with Crippen LogP contribution in [0.2, 0.25) is 0 Å². The van der Waals surface area contributed by atoms with E-state index < -0.39 is 0 Å². The molecule has 26 heavy (non-hydrogen) atoms. The number of hydrogen-bond donors (Lipinski definition) is 2. The molecule has 6 heteroatoms. The molecule has 1 heterocycles. The molecule has 0 spiro atoms. The van der Waals surface area contributed by atoms with Crippen LogP contribution in [-0.2, 0) is 6.42 Å². The molecule has 1 aromatic heterocycles. The van der Waals surface area contributed by atoms with Gasteiger partial charge in [0.05, 0.1) is 12.3 Å². The Morgan fingerprint density at radius 1 is 1.15 bits per heavy atom. The molecule has 1 aromatic carbocycles.